The molecule has 0 spiro atoms. The number of ether oxygens (including phenoxy) is 1. The Kier molecular flexibility index (Phi) is 8.83. The van der Waals surface area contributed by atoms with Crippen molar-refractivity contribution in [3.05, 3.63) is 23.7 Å². The maximum atomic E-state index is 13.2. The van der Waals surface area contributed by atoms with Crippen LogP contribution in [0.5, 0.6) is 0 Å². The molecule has 0 amide bonds. The summed E-state index contributed by atoms with van der Waals surface area (Å²) in [4.78, 5) is 0. The molecule has 35 heavy (non-hydrogen) atoms. The van der Waals surface area contributed by atoms with Crippen molar-refractivity contribution in [1.29, 1.82) is 0 Å². The minimum Gasteiger partial charge on any atom is -0.400 e. The van der Waals surface area contributed by atoms with Crippen molar-refractivity contribution in [3.8, 4) is 0 Å². The van der Waals surface area contributed by atoms with Crippen LogP contribution in [0, 0.1) is 0 Å². The number of rotatable bonds is 10. The fraction of sp³-hybridized carbons (Fsp3) is 0.600. The van der Waals surface area contributed by atoms with Gasteiger partial charge in [0.1, 0.15) is 0 Å². The minimum absolute atomic E-state index is 2.13. The highest BCUT2D eigenvalue weighted by Gasteiger charge is 2.81. The molecule has 208 valence electrons. The molecular weight excluding hydrogens is 639 g/mol. The lowest BCUT2D eigenvalue weighted by Crippen LogP contribution is -2.57. The Hall–Kier alpha value is -1.36. The van der Waals surface area contributed by atoms with Crippen LogP contribution < -0.4 is 0 Å². The van der Waals surface area contributed by atoms with E-state index in [1.807, 2.05) is 0 Å². The van der Waals surface area contributed by atoms with Gasteiger partial charge in [-0.15, -0.1) is 0 Å². The highest BCUT2D eigenvalue weighted by molar-refractivity contribution is 8.14. The van der Waals surface area contributed by atoms with Crippen molar-refractivity contribution < 1.29 is 91.8 Å². The first-order chi connectivity index (χ1) is 14.9. The molecule has 0 aliphatic rings. The molecule has 25 heteroatoms. The van der Waals surface area contributed by atoms with Crippen LogP contribution >= 0.6 is 21.4 Å². The van der Waals surface area contributed by atoms with Crippen molar-refractivity contribution in [2.24, 2.45) is 0 Å². The second-order valence-corrected chi connectivity index (χ2v) is 10.7. The van der Waals surface area contributed by atoms with Crippen LogP contribution in [0.3, 0.4) is 0 Å². The van der Waals surface area contributed by atoms with Crippen LogP contribution in [0.2, 0.25) is 0 Å². The number of hydrogen-bond donors (Lipinski definition) is 0. The molecule has 0 saturated carbocycles. The van der Waals surface area contributed by atoms with Crippen LogP contribution in [0.4, 0.5) is 70.2 Å². The molecule has 0 radical (unpaired) electrons. The van der Waals surface area contributed by atoms with Crippen LogP contribution in [0.15, 0.2) is 23.7 Å². The highest BCUT2D eigenvalue weighted by atomic mass is 35.7. The molecule has 0 saturated heterocycles. The summed E-state index contributed by atoms with van der Waals surface area (Å²) in [6.45, 7) is 0. The number of hydrogen-bond acceptors (Lipinski definition) is 5. The Morgan fingerprint density at radius 2 is 0.714 bits per heavy atom. The zero-order valence-electron chi connectivity index (χ0n) is 14.7. The van der Waals surface area contributed by atoms with Crippen molar-refractivity contribution in [2.45, 2.75) is 34.2 Å². The molecule has 0 aliphatic carbocycles. The van der Waals surface area contributed by atoms with E-state index in [1.54, 1.807) is 0 Å². The molecule has 0 aromatic rings. The Bertz CT molecular complexity index is 1040. The molecular formula is C10Cl2F16O5S2. The van der Waals surface area contributed by atoms with Crippen molar-refractivity contribution >= 4 is 39.5 Å². The lowest BCUT2D eigenvalue weighted by Gasteiger charge is -2.30. The molecule has 0 aliphatic heterocycles. The monoisotopic (exact) mass is 638 g/mol. The first-order valence-electron chi connectivity index (χ1n) is 6.82. The smallest absolute Gasteiger partial charge is 0.400 e. The van der Waals surface area contributed by atoms with Gasteiger partial charge in [0.2, 0.25) is 11.7 Å². The minimum atomic E-state index is -7.61. The topological polar surface area (TPSA) is 77.5 Å². The Morgan fingerprint density at radius 1 is 0.514 bits per heavy atom. The summed E-state index contributed by atoms with van der Waals surface area (Å²) in [6, 6.07) is -8.91. The van der Waals surface area contributed by atoms with E-state index >= 15 is 0 Å². The first kappa shape index (κ1) is 33.6. The van der Waals surface area contributed by atoms with E-state index in [9.17, 15) is 87.1 Å². The van der Waals surface area contributed by atoms with Crippen molar-refractivity contribution in [2.75, 3.05) is 0 Å². The Balaban J connectivity index is 6.66. The Labute approximate surface area is 189 Å². The third kappa shape index (κ3) is 5.22. The third-order valence-electron chi connectivity index (χ3n) is 3.21. The van der Waals surface area contributed by atoms with E-state index in [2.05, 4.69) is 26.1 Å². The van der Waals surface area contributed by atoms with E-state index in [0.29, 0.717) is 0 Å². The van der Waals surface area contributed by atoms with Gasteiger partial charge in [0.15, 0.2) is 0 Å². The van der Waals surface area contributed by atoms with Gasteiger partial charge in [-0.25, -0.2) is 16.8 Å². The summed E-state index contributed by atoms with van der Waals surface area (Å²) in [7, 11) is -6.71. The van der Waals surface area contributed by atoms with Gasteiger partial charge < -0.3 is 4.74 Å². The molecule has 0 atom stereocenters. The largest absolute Gasteiger partial charge is 0.427 e. The van der Waals surface area contributed by atoms with Gasteiger partial charge in [-0.1, -0.05) is 0 Å². The summed E-state index contributed by atoms with van der Waals surface area (Å²) in [6.07, 6.45) is 0. The van der Waals surface area contributed by atoms with Gasteiger partial charge in [-0.3, -0.25) is 0 Å². The van der Waals surface area contributed by atoms with Crippen LogP contribution in [-0.4, -0.2) is 51.0 Å². The fourth-order valence-corrected chi connectivity index (χ4v) is 2.81. The summed E-state index contributed by atoms with van der Waals surface area (Å²) in [5, 5.41) is -14.3. The van der Waals surface area contributed by atoms with Gasteiger partial charge in [0.05, 0.1) is 0 Å². The van der Waals surface area contributed by atoms with E-state index in [1.165, 1.54) is 0 Å². The Morgan fingerprint density at radius 3 is 0.886 bits per heavy atom. The van der Waals surface area contributed by atoms with Crippen LogP contribution in [0.25, 0.3) is 0 Å². The second-order valence-electron chi connectivity index (χ2n) is 5.48. The fourth-order valence-electron chi connectivity index (χ4n) is 1.36. The van der Waals surface area contributed by atoms with Gasteiger partial charge in [0, 0.05) is 21.4 Å². The molecule has 0 unspecified atom stereocenters. The average Bonchev–Trinajstić information content (AvgIpc) is 2.63. The number of allylic oxidation sites excluding steroid dienone is 2. The summed E-state index contributed by atoms with van der Waals surface area (Å²) in [5.41, 5.74) is 0. The van der Waals surface area contributed by atoms with Gasteiger partial charge in [-0.2, -0.15) is 70.2 Å². The predicted octanol–water partition coefficient (Wildman–Crippen LogP) is 6.08. The highest BCUT2D eigenvalue weighted by Crippen LogP contribution is 2.55. The normalized spacial score (nSPS) is 17.1. The van der Waals surface area contributed by atoms with E-state index in [-0.39, 0.29) is 0 Å². The summed E-state index contributed by atoms with van der Waals surface area (Å²) in [5.74, 6) is -39.8. The molecule has 5 nitrogen and oxygen atoms in total. The zero-order chi connectivity index (χ0) is 29.0. The zero-order valence-corrected chi connectivity index (χ0v) is 17.8. The van der Waals surface area contributed by atoms with Crippen molar-refractivity contribution in [3.63, 3.8) is 0 Å². The standard InChI is InChI=1S/C10Cl2F16O5S2/c11-34(29,30)9(25,26)7(21,22)5(17,18)1(13)3(15)33-4(16)2(14)6(19,20)8(23,24)10(27,28)35(12,31)32. The summed E-state index contributed by atoms with van der Waals surface area (Å²) >= 11 is 0. The second kappa shape index (κ2) is 9.19. The molecule has 0 aromatic heterocycles. The molecule has 0 bridgehead atoms. The number of alkyl halides is 12. The lowest BCUT2D eigenvalue weighted by molar-refractivity contribution is -0.271. The van der Waals surface area contributed by atoms with Gasteiger partial charge >= 0.3 is 64.3 Å². The SMILES string of the molecule is O=S(=O)(Cl)C(F)(F)C(F)(F)C(F)(F)C(F)=C(F)OC(F)=C(F)C(F)(F)C(F)(F)C(F)(F)S(=O)(=O)Cl. The predicted molar refractivity (Wildman–Crippen MR) is 78.8 cm³/mol. The molecule has 0 heterocycles. The first-order valence-corrected chi connectivity index (χ1v) is 11.4. The van der Waals surface area contributed by atoms with Crippen LogP contribution in [-0.2, 0) is 22.8 Å². The van der Waals surface area contributed by atoms with Crippen LogP contribution in [0.1, 0.15) is 0 Å². The summed E-state index contributed by atoms with van der Waals surface area (Å²) < 4.78 is 253. The van der Waals surface area contributed by atoms with E-state index in [4.69, 9.17) is 0 Å². The molecule has 0 fully saturated rings. The maximum Gasteiger partial charge on any atom is 0.427 e. The molecule has 0 rings (SSSR count). The quantitative estimate of drug-likeness (QED) is 0.165. The lowest BCUT2D eigenvalue weighted by atomic mass is 10.1. The number of halogens is 18. The molecule has 0 aromatic carbocycles. The third-order valence-corrected chi connectivity index (χ3v) is 6.11. The van der Waals surface area contributed by atoms with Crippen molar-refractivity contribution in [1.82, 2.24) is 0 Å². The van der Waals surface area contributed by atoms with E-state index < -0.39 is 76.0 Å². The van der Waals surface area contributed by atoms with E-state index in [0.717, 1.165) is 0 Å². The average molecular weight is 639 g/mol. The maximum absolute atomic E-state index is 13.2. The molecule has 0 N–H and O–H groups in total. The van der Waals surface area contributed by atoms with Gasteiger partial charge in [0.25, 0.3) is 0 Å². The van der Waals surface area contributed by atoms with Gasteiger partial charge in [-0.05, 0) is 0 Å².